The van der Waals surface area contributed by atoms with Crippen molar-refractivity contribution in [2.75, 3.05) is 0 Å². The van der Waals surface area contributed by atoms with Gasteiger partial charge in [-0.05, 0) is 32.2 Å². The summed E-state index contributed by atoms with van der Waals surface area (Å²) in [6.45, 7) is 11.1. The minimum atomic E-state index is 0.852. The Labute approximate surface area is 74.5 Å². The lowest BCUT2D eigenvalue weighted by Gasteiger charge is -1.97. The molecule has 0 spiro atoms. The highest BCUT2D eigenvalue weighted by molar-refractivity contribution is 5.43. The molecule has 1 heteroatoms. The molecule has 0 amide bonds. The maximum Gasteiger partial charge on any atom is 0.0691 e. The van der Waals surface area contributed by atoms with E-state index in [4.69, 9.17) is 0 Å². The second kappa shape index (κ2) is 6.35. The summed E-state index contributed by atoms with van der Waals surface area (Å²) in [4.78, 5) is 3.89. The summed E-state index contributed by atoms with van der Waals surface area (Å²) in [6.07, 6.45) is 9.51. The molecule has 0 aromatic rings. The first-order valence-electron chi connectivity index (χ1n) is 3.89. The van der Waals surface area contributed by atoms with Crippen LogP contribution in [0.2, 0.25) is 0 Å². The van der Waals surface area contributed by atoms with Gasteiger partial charge in [0, 0.05) is 0 Å². The fourth-order valence-corrected chi connectivity index (χ4v) is 0.836. The van der Waals surface area contributed by atoms with Gasteiger partial charge in [-0.1, -0.05) is 30.9 Å². The predicted molar refractivity (Wildman–Crippen MR) is 56.4 cm³/mol. The van der Waals surface area contributed by atoms with Gasteiger partial charge in [0.05, 0.1) is 5.70 Å². The normalized spacial score (nSPS) is 13.5. The molecule has 0 saturated heterocycles. The summed E-state index contributed by atoms with van der Waals surface area (Å²) in [7, 11) is 0. The molecule has 64 valence electrons. The van der Waals surface area contributed by atoms with Crippen LogP contribution in [0, 0.1) is 0 Å². The Hall–Kier alpha value is -1.37. The van der Waals surface area contributed by atoms with E-state index in [2.05, 4.69) is 18.3 Å². The molecule has 12 heavy (non-hydrogen) atoms. The summed E-state index contributed by atoms with van der Waals surface area (Å²) >= 11 is 0. The lowest BCUT2D eigenvalue weighted by molar-refractivity contribution is 1.37. The maximum atomic E-state index is 3.89. The number of rotatable bonds is 4. The average Bonchev–Trinajstić information content (AvgIpc) is 2.11. The molecule has 0 aliphatic rings. The van der Waals surface area contributed by atoms with E-state index in [1.165, 1.54) is 0 Å². The highest BCUT2D eigenvalue weighted by atomic mass is 14.7. The van der Waals surface area contributed by atoms with Gasteiger partial charge in [0.15, 0.2) is 0 Å². The van der Waals surface area contributed by atoms with Gasteiger partial charge in [0.1, 0.15) is 0 Å². The monoisotopic (exact) mass is 161 g/mol. The second-order valence-electron chi connectivity index (χ2n) is 2.20. The van der Waals surface area contributed by atoms with Crippen molar-refractivity contribution in [2.45, 2.75) is 13.8 Å². The van der Waals surface area contributed by atoms with Gasteiger partial charge in [-0.3, -0.25) is 4.99 Å². The second-order valence-corrected chi connectivity index (χ2v) is 2.20. The van der Waals surface area contributed by atoms with Crippen molar-refractivity contribution in [2.24, 2.45) is 4.99 Å². The van der Waals surface area contributed by atoms with Crippen LogP contribution >= 0.6 is 0 Å². The van der Waals surface area contributed by atoms with Gasteiger partial charge in [0.25, 0.3) is 0 Å². The van der Waals surface area contributed by atoms with Crippen molar-refractivity contribution in [1.82, 2.24) is 0 Å². The lowest BCUT2D eigenvalue weighted by atomic mass is 10.2. The molecular formula is C11H15N. The molecule has 0 saturated carbocycles. The summed E-state index contributed by atoms with van der Waals surface area (Å²) in [5.41, 5.74) is 1.84. The Bertz CT molecular complexity index is 216. The van der Waals surface area contributed by atoms with E-state index >= 15 is 0 Å². The Morgan fingerprint density at radius 2 is 1.75 bits per heavy atom. The van der Waals surface area contributed by atoms with Gasteiger partial charge in [-0.25, -0.2) is 0 Å². The molecule has 0 radical (unpaired) electrons. The fourth-order valence-electron chi connectivity index (χ4n) is 0.836. The van der Waals surface area contributed by atoms with Crippen molar-refractivity contribution >= 4 is 6.72 Å². The zero-order valence-electron chi connectivity index (χ0n) is 7.75. The van der Waals surface area contributed by atoms with Crippen LogP contribution in [0.15, 0.2) is 53.2 Å². The van der Waals surface area contributed by atoms with Crippen LogP contribution in [0.1, 0.15) is 13.8 Å². The average molecular weight is 161 g/mol. The third-order valence-electron chi connectivity index (χ3n) is 1.36. The first-order valence-corrected chi connectivity index (χ1v) is 3.89. The molecule has 0 bridgehead atoms. The third kappa shape index (κ3) is 3.15. The van der Waals surface area contributed by atoms with Crippen LogP contribution in [-0.4, -0.2) is 6.72 Å². The molecule has 0 rings (SSSR count). The summed E-state index contributed by atoms with van der Waals surface area (Å²) in [5.74, 6) is 0. The van der Waals surface area contributed by atoms with Gasteiger partial charge >= 0.3 is 0 Å². The van der Waals surface area contributed by atoms with Crippen LogP contribution in [0.4, 0.5) is 0 Å². The predicted octanol–water partition coefficient (Wildman–Crippen LogP) is 3.28. The molecule has 0 aliphatic heterocycles. The van der Waals surface area contributed by atoms with E-state index in [1.807, 2.05) is 38.2 Å². The van der Waals surface area contributed by atoms with E-state index < -0.39 is 0 Å². The van der Waals surface area contributed by atoms with Crippen molar-refractivity contribution < 1.29 is 0 Å². The number of aliphatic imine (C=N–C) groups is 1. The largest absolute Gasteiger partial charge is 0.264 e. The Balaban J connectivity index is 4.98. The maximum absolute atomic E-state index is 3.89. The lowest BCUT2D eigenvalue weighted by Crippen LogP contribution is -1.78. The quantitative estimate of drug-likeness (QED) is 0.443. The number of hydrogen-bond acceptors (Lipinski definition) is 1. The molecule has 0 aromatic carbocycles. The van der Waals surface area contributed by atoms with E-state index in [0.717, 1.165) is 11.3 Å². The molecule has 0 heterocycles. The zero-order chi connectivity index (χ0) is 9.40. The van der Waals surface area contributed by atoms with Crippen LogP contribution in [0.25, 0.3) is 0 Å². The summed E-state index contributed by atoms with van der Waals surface area (Å²) in [6, 6.07) is 0. The number of hydrogen-bond donors (Lipinski definition) is 0. The standard InChI is InChI=1S/C11H15N/c1-5-8-10(7-3)11(12-4)9-6-2/h5-9H,3-4H2,1-2H3/b8-5-,9-6-,11-10-. The zero-order valence-corrected chi connectivity index (χ0v) is 7.75. The highest BCUT2D eigenvalue weighted by Crippen LogP contribution is 2.09. The van der Waals surface area contributed by atoms with Crippen molar-refractivity contribution in [1.29, 1.82) is 0 Å². The fraction of sp³-hybridized carbons (Fsp3) is 0.182. The topological polar surface area (TPSA) is 12.4 Å². The van der Waals surface area contributed by atoms with Gasteiger partial charge in [0.2, 0.25) is 0 Å². The summed E-state index contributed by atoms with van der Waals surface area (Å²) in [5, 5.41) is 0. The summed E-state index contributed by atoms with van der Waals surface area (Å²) < 4.78 is 0. The number of allylic oxidation sites excluding steroid dienone is 6. The first-order chi connectivity index (χ1) is 5.79. The van der Waals surface area contributed by atoms with Crippen LogP contribution in [0.5, 0.6) is 0 Å². The van der Waals surface area contributed by atoms with E-state index in [0.29, 0.717) is 0 Å². The van der Waals surface area contributed by atoms with Crippen molar-refractivity contribution in [3.63, 3.8) is 0 Å². The van der Waals surface area contributed by atoms with Gasteiger partial charge in [-0.15, -0.1) is 0 Å². The van der Waals surface area contributed by atoms with E-state index in [-0.39, 0.29) is 0 Å². The molecular weight excluding hydrogens is 146 g/mol. The third-order valence-corrected chi connectivity index (χ3v) is 1.36. The van der Waals surface area contributed by atoms with Crippen LogP contribution in [0.3, 0.4) is 0 Å². The highest BCUT2D eigenvalue weighted by Gasteiger charge is 1.92. The molecule has 0 aromatic heterocycles. The molecule has 0 fully saturated rings. The molecule has 0 aliphatic carbocycles. The Kier molecular flexibility index (Phi) is 5.62. The molecule has 0 unspecified atom stereocenters. The minimum absolute atomic E-state index is 0.852. The number of nitrogens with zero attached hydrogens (tertiary/aromatic N) is 1. The molecule has 0 N–H and O–H groups in total. The van der Waals surface area contributed by atoms with Crippen LogP contribution in [-0.2, 0) is 0 Å². The first kappa shape index (κ1) is 10.6. The smallest absolute Gasteiger partial charge is 0.0691 e. The molecule has 1 nitrogen and oxygen atoms in total. The minimum Gasteiger partial charge on any atom is -0.264 e. The Morgan fingerprint density at radius 3 is 2.08 bits per heavy atom. The van der Waals surface area contributed by atoms with Gasteiger partial charge in [-0.2, -0.15) is 0 Å². The van der Waals surface area contributed by atoms with Crippen LogP contribution < -0.4 is 0 Å². The van der Waals surface area contributed by atoms with Crippen molar-refractivity contribution in [3.8, 4) is 0 Å². The Morgan fingerprint density at radius 1 is 1.17 bits per heavy atom. The molecule has 0 atom stereocenters. The van der Waals surface area contributed by atoms with E-state index in [9.17, 15) is 0 Å². The SMILES string of the molecule is C=CC(/C=C\C)=C(\C=C/C)N=C. The van der Waals surface area contributed by atoms with Gasteiger partial charge < -0.3 is 0 Å². The van der Waals surface area contributed by atoms with E-state index in [1.54, 1.807) is 6.08 Å². The van der Waals surface area contributed by atoms with Crippen molar-refractivity contribution in [3.05, 3.63) is 48.2 Å².